The van der Waals surface area contributed by atoms with Gasteiger partial charge in [-0.25, -0.2) is 0 Å². The SMILES string of the molecule is Cc1ccc(CNC2COc3ccccc32)nc1. The average molecular weight is 240 g/mol. The Balaban J connectivity index is 1.67. The van der Waals surface area contributed by atoms with Crippen LogP contribution in [0.4, 0.5) is 0 Å². The van der Waals surface area contributed by atoms with Gasteiger partial charge in [0.25, 0.3) is 0 Å². The van der Waals surface area contributed by atoms with Crippen molar-refractivity contribution in [2.24, 2.45) is 0 Å². The first-order valence-electron chi connectivity index (χ1n) is 6.19. The lowest BCUT2D eigenvalue weighted by Crippen LogP contribution is -2.22. The number of fused-ring (bicyclic) bond motifs is 1. The van der Waals surface area contributed by atoms with Crippen LogP contribution in [0.2, 0.25) is 0 Å². The summed E-state index contributed by atoms with van der Waals surface area (Å²) in [4.78, 5) is 4.39. The molecule has 1 aliphatic rings. The van der Waals surface area contributed by atoms with E-state index >= 15 is 0 Å². The molecule has 0 saturated heterocycles. The first kappa shape index (κ1) is 11.2. The number of para-hydroxylation sites is 1. The maximum Gasteiger partial charge on any atom is 0.124 e. The van der Waals surface area contributed by atoms with E-state index in [1.807, 2.05) is 31.3 Å². The Labute approximate surface area is 107 Å². The topological polar surface area (TPSA) is 34.1 Å². The summed E-state index contributed by atoms with van der Waals surface area (Å²) >= 11 is 0. The molecule has 0 spiro atoms. The summed E-state index contributed by atoms with van der Waals surface area (Å²) in [5.41, 5.74) is 3.49. The fourth-order valence-corrected chi connectivity index (χ4v) is 2.16. The second-order valence-corrected chi connectivity index (χ2v) is 4.61. The quantitative estimate of drug-likeness (QED) is 0.895. The fourth-order valence-electron chi connectivity index (χ4n) is 2.16. The lowest BCUT2D eigenvalue weighted by Gasteiger charge is -2.11. The first-order valence-corrected chi connectivity index (χ1v) is 6.19. The number of hydrogen-bond acceptors (Lipinski definition) is 3. The number of pyridine rings is 1. The highest BCUT2D eigenvalue weighted by molar-refractivity contribution is 5.39. The van der Waals surface area contributed by atoms with Crippen LogP contribution in [0.25, 0.3) is 0 Å². The van der Waals surface area contributed by atoms with Gasteiger partial charge in [-0.3, -0.25) is 4.98 Å². The van der Waals surface area contributed by atoms with E-state index in [-0.39, 0.29) is 6.04 Å². The molecule has 0 amide bonds. The van der Waals surface area contributed by atoms with E-state index in [1.54, 1.807) is 0 Å². The molecule has 0 bridgehead atoms. The Kier molecular flexibility index (Phi) is 2.99. The molecule has 0 saturated carbocycles. The van der Waals surface area contributed by atoms with E-state index < -0.39 is 0 Å². The number of benzene rings is 1. The third-order valence-electron chi connectivity index (χ3n) is 3.20. The Hall–Kier alpha value is -1.87. The number of nitrogens with one attached hydrogen (secondary N) is 1. The number of aromatic nitrogens is 1. The molecule has 0 radical (unpaired) electrons. The summed E-state index contributed by atoms with van der Waals surface area (Å²) in [5, 5.41) is 3.49. The van der Waals surface area contributed by atoms with Crippen molar-refractivity contribution in [1.82, 2.24) is 10.3 Å². The van der Waals surface area contributed by atoms with Gasteiger partial charge in [-0.1, -0.05) is 24.3 Å². The third kappa shape index (κ3) is 2.22. The second kappa shape index (κ2) is 4.78. The summed E-state index contributed by atoms with van der Waals surface area (Å²) in [6.45, 7) is 3.51. The van der Waals surface area contributed by atoms with E-state index in [1.165, 1.54) is 11.1 Å². The predicted molar refractivity (Wildman–Crippen MR) is 70.5 cm³/mol. The van der Waals surface area contributed by atoms with Crippen LogP contribution in [0, 0.1) is 6.92 Å². The molecule has 0 fully saturated rings. The zero-order valence-corrected chi connectivity index (χ0v) is 10.4. The molecule has 2 aromatic rings. The minimum absolute atomic E-state index is 0.268. The van der Waals surface area contributed by atoms with Crippen LogP contribution in [-0.2, 0) is 6.54 Å². The summed E-state index contributed by atoms with van der Waals surface area (Å²) in [6, 6.07) is 12.6. The number of nitrogens with zero attached hydrogens (tertiary/aromatic N) is 1. The Bertz CT molecular complexity index is 536. The van der Waals surface area contributed by atoms with Gasteiger partial charge in [0.15, 0.2) is 0 Å². The molecule has 3 nitrogen and oxygen atoms in total. The number of aryl methyl sites for hydroxylation is 1. The molecule has 1 aromatic carbocycles. The normalized spacial score (nSPS) is 17.3. The van der Waals surface area contributed by atoms with Gasteiger partial charge >= 0.3 is 0 Å². The van der Waals surface area contributed by atoms with Gasteiger partial charge in [0.05, 0.1) is 11.7 Å². The van der Waals surface area contributed by atoms with Crippen molar-refractivity contribution in [3.05, 3.63) is 59.4 Å². The summed E-state index contributed by atoms with van der Waals surface area (Å²) in [6.07, 6.45) is 1.90. The summed E-state index contributed by atoms with van der Waals surface area (Å²) in [5.74, 6) is 0.992. The molecule has 3 heteroatoms. The van der Waals surface area contributed by atoms with Crippen molar-refractivity contribution in [2.45, 2.75) is 19.5 Å². The highest BCUT2D eigenvalue weighted by Gasteiger charge is 2.22. The number of hydrogen-bond donors (Lipinski definition) is 1. The van der Waals surface area contributed by atoms with Crippen LogP contribution in [-0.4, -0.2) is 11.6 Å². The molecule has 1 unspecified atom stereocenters. The Morgan fingerprint density at radius 1 is 1.28 bits per heavy atom. The smallest absolute Gasteiger partial charge is 0.124 e. The number of ether oxygens (including phenoxy) is 1. The largest absolute Gasteiger partial charge is 0.491 e. The van der Waals surface area contributed by atoms with Crippen molar-refractivity contribution in [3.8, 4) is 5.75 Å². The van der Waals surface area contributed by atoms with Gasteiger partial charge in [-0.05, 0) is 24.6 Å². The van der Waals surface area contributed by atoms with Crippen LogP contribution >= 0.6 is 0 Å². The maximum atomic E-state index is 5.64. The minimum Gasteiger partial charge on any atom is -0.491 e. The lowest BCUT2D eigenvalue weighted by molar-refractivity contribution is 0.310. The average Bonchev–Trinajstić information content (AvgIpc) is 2.82. The second-order valence-electron chi connectivity index (χ2n) is 4.61. The Morgan fingerprint density at radius 3 is 3.00 bits per heavy atom. The van der Waals surface area contributed by atoms with Crippen molar-refractivity contribution in [2.75, 3.05) is 6.61 Å². The molecule has 2 heterocycles. The highest BCUT2D eigenvalue weighted by atomic mass is 16.5. The molecule has 1 aromatic heterocycles. The molecule has 1 atom stereocenters. The van der Waals surface area contributed by atoms with Gasteiger partial charge in [-0.2, -0.15) is 0 Å². The van der Waals surface area contributed by atoms with Crippen LogP contribution in [0.1, 0.15) is 22.9 Å². The molecule has 1 aliphatic heterocycles. The minimum atomic E-state index is 0.268. The van der Waals surface area contributed by atoms with Crippen LogP contribution in [0.15, 0.2) is 42.6 Å². The lowest BCUT2D eigenvalue weighted by atomic mass is 10.1. The Morgan fingerprint density at radius 2 is 2.17 bits per heavy atom. The molecule has 3 rings (SSSR count). The zero-order chi connectivity index (χ0) is 12.4. The maximum absolute atomic E-state index is 5.64. The monoisotopic (exact) mass is 240 g/mol. The van der Waals surface area contributed by atoms with Gasteiger partial charge in [0.1, 0.15) is 12.4 Å². The van der Waals surface area contributed by atoms with Crippen LogP contribution in [0.3, 0.4) is 0 Å². The highest BCUT2D eigenvalue weighted by Crippen LogP contribution is 2.31. The summed E-state index contributed by atoms with van der Waals surface area (Å²) in [7, 11) is 0. The first-order chi connectivity index (χ1) is 8.83. The van der Waals surface area contributed by atoms with Gasteiger partial charge in [0.2, 0.25) is 0 Å². The molecule has 92 valence electrons. The van der Waals surface area contributed by atoms with E-state index in [0.29, 0.717) is 6.61 Å². The van der Waals surface area contributed by atoms with Gasteiger partial charge in [-0.15, -0.1) is 0 Å². The van der Waals surface area contributed by atoms with E-state index in [0.717, 1.165) is 18.0 Å². The van der Waals surface area contributed by atoms with Crippen molar-refractivity contribution >= 4 is 0 Å². The van der Waals surface area contributed by atoms with E-state index in [9.17, 15) is 0 Å². The fraction of sp³-hybridized carbons (Fsp3) is 0.267. The standard InChI is InChI=1S/C15H16N2O/c1-11-6-7-12(16-8-11)9-17-14-10-18-15-5-3-2-4-13(14)15/h2-8,14,17H,9-10H2,1H3. The molecule has 1 N–H and O–H groups in total. The van der Waals surface area contributed by atoms with Gasteiger partial charge < -0.3 is 10.1 Å². The molecular weight excluding hydrogens is 224 g/mol. The molecule has 18 heavy (non-hydrogen) atoms. The predicted octanol–water partition coefficient (Wildman–Crippen LogP) is 2.61. The van der Waals surface area contributed by atoms with E-state index in [4.69, 9.17) is 4.74 Å². The van der Waals surface area contributed by atoms with Gasteiger partial charge in [0, 0.05) is 18.3 Å². The van der Waals surface area contributed by atoms with Crippen molar-refractivity contribution in [3.63, 3.8) is 0 Å². The molecule has 0 aliphatic carbocycles. The zero-order valence-electron chi connectivity index (χ0n) is 10.4. The van der Waals surface area contributed by atoms with Crippen LogP contribution in [0.5, 0.6) is 5.75 Å². The van der Waals surface area contributed by atoms with Crippen molar-refractivity contribution in [1.29, 1.82) is 0 Å². The van der Waals surface area contributed by atoms with Crippen molar-refractivity contribution < 1.29 is 4.74 Å². The molecular formula is C15H16N2O. The third-order valence-corrected chi connectivity index (χ3v) is 3.20. The number of rotatable bonds is 3. The van der Waals surface area contributed by atoms with E-state index in [2.05, 4.69) is 28.5 Å². The summed E-state index contributed by atoms with van der Waals surface area (Å²) < 4.78 is 5.64. The van der Waals surface area contributed by atoms with Crippen LogP contribution < -0.4 is 10.1 Å².